The number of ether oxygens (including phenoxy) is 1. The maximum absolute atomic E-state index is 11.3. The van der Waals surface area contributed by atoms with E-state index >= 15 is 0 Å². The van der Waals surface area contributed by atoms with Crippen LogP contribution in [0.5, 0.6) is 5.75 Å². The van der Waals surface area contributed by atoms with Gasteiger partial charge in [0.25, 0.3) is 0 Å². The zero-order valence-corrected chi connectivity index (χ0v) is 11.8. The molecule has 0 bridgehead atoms. The van der Waals surface area contributed by atoms with E-state index < -0.39 is 10.0 Å². The van der Waals surface area contributed by atoms with Crippen LogP contribution in [0.4, 0.5) is 5.69 Å². The maximum atomic E-state index is 11.3. The van der Waals surface area contributed by atoms with Crippen LogP contribution in [0.15, 0.2) is 23.2 Å². The largest absolute Gasteiger partial charge is 0.494 e. The summed E-state index contributed by atoms with van der Waals surface area (Å²) in [5.74, 6) is 1.43. The third kappa shape index (κ3) is 3.60. The Hall–Kier alpha value is -1.76. The molecular formula is C12H17N3O3S. The molecule has 0 saturated carbocycles. The summed E-state index contributed by atoms with van der Waals surface area (Å²) in [6, 6.07) is 5.36. The molecule has 0 fully saturated rings. The van der Waals surface area contributed by atoms with Crippen LogP contribution in [0, 0.1) is 0 Å². The van der Waals surface area contributed by atoms with Crippen molar-refractivity contribution in [2.75, 3.05) is 31.2 Å². The molecule has 0 unspecified atom stereocenters. The normalized spacial score (nSPS) is 14.7. The first-order chi connectivity index (χ1) is 8.99. The first kappa shape index (κ1) is 13.7. The summed E-state index contributed by atoms with van der Waals surface area (Å²) in [5, 5.41) is 3.18. The zero-order chi connectivity index (χ0) is 13.9. The molecule has 1 heterocycles. The monoisotopic (exact) mass is 283 g/mol. The summed E-state index contributed by atoms with van der Waals surface area (Å²) in [6.45, 7) is 1.62. The Morgan fingerprint density at radius 2 is 2.26 bits per heavy atom. The minimum atomic E-state index is -3.33. The second-order valence-electron chi connectivity index (χ2n) is 4.30. The summed E-state index contributed by atoms with van der Waals surface area (Å²) >= 11 is 0. The molecule has 0 spiro atoms. The lowest BCUT2D eigenvalue weighted by Crippen LogP contribution is -2.21. The molecular weight excluding hydrogens is 266 g/mol. The van der Waals surface area contributed by atoms with Crippen LogP contribution in [0.3, 0.4) is 0 Å². The summed E-state index contributed by atoms with van der Waals surface area (Å²) < 4.78 is 30.4. The van der Waals surface area contributed by atoms with Crippen LogP contribution in [0.1, 0.15) is 5.56 Å². The number of sulfonamides is 1. The smallest absolute Gasteiger partial charge is 0.229 e. The number of anilines is 1. The summed E-state index contributed by atoms with van der Waals surface area (Å²) in [4.78, 5) is 4.32. The quantitative estimate of drug-likeness (QED) is 0.830. The van der Waals surface area contributed by atoms with Crippen molar-refractivity contribution in [3.8, 4) is 5.75 Å². The molecule has 19 heavy (non-hydrogen) atoms. The second-order valence-corrected chi connectivity index (χ2v) is 6.05. The van der Waals surface area contributed by atoms with Crippen molar-refractivity contribution in [2.24, 2.45) is 4.99 Å². The van der Waals surface area contributed by atoms with E-state index in [2.05, 4.69) is 15.0 Å². The van der Waals surface area contributed by atoms with Crippen molar-refractivity contribution in [1.29, 1.82) is 0 Å². The van der Waals surface area contributed by atoms with Crippen molar-refractivity contribution in [3.63, 3.8) is 0 Å². The average Bonchev–Trinajstić information content (AvgIpc) is 2.80. The molecule has 1 aromatic rings. The van der Waals surface area contributed by atoms with Gasteiger partial charge in [0, 0.05) is 18.5 Å². The van der Waals surface area contributed by atoms with Crippen LogP contribution in [0.2, 0.25) is 0 Å². The SMILES string of the molecule is COc1c(CC2=NCCN2)cccc1NS(C)(=O)=O. The Bertz CT molecular complexity index is 596. The standard InChI is InChI=1S/C12H17N3O3S/c1-18-12-9(8-11-13-6-7-14-11)4-3-5-10(12)15-19(2,16)17/h3-5,15H,6-8H2,1-2H3,(H,13,14). The van der Waals surface area contributed by atoms with Crippen LogP contribution in [-0.2, 0) is 16.4 Å². The Morgan fingerprint density at radius 3 is 2.84 bits per heavy atom. The van der Waals surface area contributed by atoms with Gasteiger partial charge in [-0.1, -0.05) is 12.1 Å². The molecule has 1 aliphatic heterocycles. The highest BCUT2D eigenvalue weighted by molar-refractivity contribution is 7.92. The Morgan fingerprint density at radius 1 is 1.47 bits per heavy atom. The molecule has 1 aliphatic rings. The molecule has 2 rings (SSSR count). The number of aliphatic imine (C=N–C) groups is 1. The van der Waals surface area contributed by atoms with E-state index in [0.29, 0.717) is 17.9 Å². The number of nitrogens with one attached hydrogen (secondary N) is 2. The second kappa shape index (κ2) is 5.48. The predicted molar refractivity (Wildman–Crippen MR) is 75.5 cm³/mol. The minimum absolute atomic E-state index is 0.445. The minimum Gasteiger partial charge on any atom is -0.494 e. The molecule has 0 amide bonds. The van der Waals surface area contributed by atoms with E-state index in [1.54, 1.807) is 12.1 Å². The molecule has 0 aliphatic carbocycles. The first-order valence-electron chi connectivity index (χ1n) is 5.90. The van der Waals surface area contributed by atoms with Crippen LogP contribution >= 0.6 is 0 Å². The number of nitrogens with zero attached hydrogens (tertiary/aromatic N) is 1. The van der Waals surface area contributed by atoms with Gasteiger partial charge in [-0.2, -0.15) is 0 Å². The zero-order valence-electron chi connectivity index (χ0n) is 10.9. The first-order valence-corrected chi connectivity index (χ1v) is 7.79. The van der Waals surface area contributed by atoms with E-state index in [0.717, 1.165) is 30.7 Å². The van der Waals surface area contributed by atoms with Gasteiger partial charge in [0.2, 0.25) is 10.0 Å². The highest BCUT2D eigenvalue weighted by Crippen LogP contribution is 2.30. The Labute approximate surface area is 112 Å². The van der Waals surface area contributed by atoms with Gasteiger partial charge >= 0.3 is 0 Å². The molecule has 104 valence electrons. The third-order valence-corrected chi connectivity index (χ3v) is 3.29. The number of benzene rings is 1. The Kier molecular flexibility index (Phi) is 3.94. The van der Waals surface area contributed by atoms with Gasteiger partial charge in [-0.15, -0.1) is 0 Å². The predicted octanol–water partition coefficient (Wildman–Crippen LogP) is 0.611. The number of hydrogen-bond acceptors (Lipinski definition) is 5. The van der Waals surface area contributed by atoms with Gasteiger partial charge in [0.1, 0.15) is 11.6 Å². The lowest BCUT2D eigenvalue weighted by atomic mass is 10.1. The van der Waals surface area contributed by atoms with E-state index in [-0.39, 0.29) is 0 Å². The number of methoxy groups -OCH3 is 1. The van der Waals surface area contributed by atoms with Gasteiger partial charge in [0.05, 0.1) is 25.6 Å². The highest BCUT2D eigenvalue weighted by atomic mass is 32.2. The molecule has 0 aromatic heterocycles. The van der Waals surface area contributed by atoms with Gasteiger partial charge in [0.15, 0.2) is 0 Å². The van der Waals surface area contributed by atoms with Gasteiger partial charge < -0.3 is 10.1 Å². The highest BCUT2D eigenvalue weighted by Gasteiger charge is 2.15. The number of para-hydroxylation sites is 1. The molecule has 0 radical (unpaired) electrons. The number of amidine groups is 1. The fourth-order valence-corrected chi connectivity index (χ4v) is 2.55. The van der Waals surface area contributed by atoms with E-state index in [1.165, 1.54) is 7.11 Å². The van der Waals surface area contributed by atoms with Gasteiger partial charge in [-0.3, -0.25) is 9.71 Å². The van der Waals surface area contributed by atoms with Crippen molar-refractivity contribution in [1.82, 2.24) is 5.32 Å². The van der Waals surface area contributed by atoms with Gasteiger partial charge in [-0.25, -0.2) is 8.42 Å². The van der Waals surface area contributed by atoms with Crippen molar-refractivity contribution in [3.05, 3.63) is 23.8 Å². The molecule has 7 heteroatoms. The maximum Gasteiger partial charge on any atom is 0.229 e. The molecule has 0 saturated heterocycles. The van der Waals surface area contributed by atoms with Gasteiger partial charge in [-0.05, 0) is 6.07 Å². The van der Waals surface area contributed by atoms with E-state index in [9.17, 15) is 8.42 Å². The van der Waals surface area contributed by atoms with Crippen molar-refractivity contribution in [2.45, 2.75) is 6.42 Å². The van der Waals surface area contributed by atoms with Crippen LogP contribution in [0.25, 0.3) is 0 Å². The summed E-state index contributed by atoms with van der Waals surface area (Å²) in [5.41, 5.74) is 1.34. The summed E-state index contributed by atoms with van der Waals surface area (Å²) in [7, 11) is -1.81. The van der Waals surface area contributed by atoms with Crippen molar-refractivity contribution >= 4 is 21.5 Å². The summed E-state index contributed by atoms with van der Waals surface area (Å²) in [6.07, 6.45) is 1.71. The molecule has 0 atom stereocenters. The lowest BCUT2D eigenvalue weighted by Gasteiger charge is -2.14. The van der Waals surface area contributed by atoms with E-state index in [4.69, 9.17) is 4.74 Å². The van der Waals surface area contributed by atoms with Crippen LogP contribution in [-0.4, -0.2) is 40.7 Å². The Balaban J connectivity index is 2.30. The van der Waals surface area contributed by atoms with E-state index in [1.807, 2.05) is 6.07 Å². The van der Waals surface area contributed by atoms with Crippen LogP contribution < -0.4 is 14.8 Å². The van der Waals surface area contributed by atoms with Crippen molar-refractivity contribution < 1.29 is 13.2 Å². The topological polar surface area (TPSA) is 79.8 Å². The molecule has 2 N–H and O–H groups in total. The fraction of sp³-hybridized carbons (Fsp3) is 0.417. The number of rotatable bonds is 5. The number of hydrogen-bond donors (Lipinski definition) is 2. The molecule has 6 nitrogen and oxygen atoms in total. The molecule has 1 aromatic carbocycles. The average molecular weight is 283 g/mol. The lowest BCUT2D eigenvalue weighted by molar-refractivity contribution is 0.413. The fourth-order valence-electron chi connectivity index (χ4n) is 1.99. The third-order valence-electron chi connectivity index (χ3n) is 2.70.